The normalized spacial score (nSPS) is 13.4. The van der Waals surface area contributed by atoms with Gasteiger partial charge in [0.2, 0.25) is 0 Å². The van der Waals surface area contributed by atoms with E-state index in [2.05, 4.69) is 4.98 Å². The molecular weight excluding hydrogens is 223 g/mol. The summed E-state index contributed by atoms with van der Waals surface area (Å²) in [6.45, 7) is 0. The standard InChI is InChI=1S/C10H10F3NO2/c11-10(12,13)8(6-9(15)16)5-7-1-3-14-4-2-7/h1-4,8H,5-6H2,(H,15,16). The van der Waals surface area contributed by atoms with Gasteiger partial charge in [0, 0.05) is 12.4 Å². The summed E-state index contributed by atoms with van der Waals surface area (Å²) in [6, 6.07) is 2.89. The molecule has 1 N–H and O–H groups in total. The van der Waals surface area contributed by atoms with Crippen LogP contribution in [0.4, 0.5) is 13.2 Å². The molecule has 0 bridgehead atoms. The fraction of sp³-hybridized carbons (Fsp3) is 0.400. The second-order valence-corrected chi connectivity index (χ2v) is 3.40. The maximum Gasteiger partial charge on any atom is 0.392 e. The van der Waals surface area contributed by atoms with Crippen molar-refractivity contribution in [3.63, 3.8) is 0 Å². The van der Waals surface area contributed by atoms with Crippen molar-refractivity contribution in [3.8, 4) is 0 Å². The highest BCUT2D eigenvalue weighted by molar-refractivity contribution is 5.67. The lowest BCUT2D eigenvalue weighted by Gasteiger charge is -2.18. The topological polar surface area (TPSA) is 50.2 Å². The van der Waals surface area contributed by atoms with Gasteiger partial charge in [0.25, 0.3) is 0 Å². The van der Waals surface area contributed by atoms with Gasteiger partial charge in [0.05, 0.1) is 12.3 Å². The molecule has 0 saturated heterocycles. The maximum atomic E-state index is 12.5. The SMILES string of the molecule is O=C(O)CC(Cc1ccncc1)C(F)(F)F. The van der Waals surface area contributed by atoms with E-state index in [0.29, 0.717) is 5.56 Å². The first-order chi connectivity index (χ1) is 7.39. The van der Waals surface area contributed by atoms with Gasteiger partial charge in [-0.05, 0) is 24.1 Å². The Balaban J connectivity index is 2.75. The van der Waals surface area contributed by atoms with Crippen LogP contribution in [0.2, 0.25) is 0 Å². The Morgan fingerprint density at radius 3 is 2.38 bits per heavy atom. The fourth-order valence-corrected chi connectivity index (χ4v) is 1.32. The van der Waals surface area contributed by atoms with Crippen LogP contribution in [0.1, 0.15) is 12.0 Å². The quantitative estimate of drug-likeness (QED) is 0.867. The molecule has 0 aromatic carbocycles. The van der Waals surface area contributed by atoms with Gasteiger partial charge >= 0.3 is 12.1 Å². The van der Waals surface area contributed by atoms with Crippen LogP contribution in [0.25, 0.3) is 0 Å². The predicted octanol–water partition coefficient (Wildman–Crippen LogP) is 2.28. The van der Waals surface area contributed by atoms with Crippen LogP contribution in [0.5, 0.6) is 0 Å². The van der Waals surface area contributed by atoms with E-state index >= 15 is 0 Å². The van der Waals surface area contributed by atoms with E-state index in [1.54, 1.807) is 0 Å². The van der Waals surface area contributed by atoms with Crippen molar-refractivity contribution in [2.45, 2.75) is 19.0 Å². The molecular formula is C10H10F3NO2. The van der Waals surface area contributed by atoms with Gasteiger partial charge < -0.3 is 5.11 Å². The zero-order valence-electron chi connectivity index (χ0n) is 8.24. The molecule has 0 aliphatic carbocycles. The Labute approximate surface area is 89.9 Å². The molecule has 0 saturated carbocycles. The van der Waals surface area contributed by atoms with Crippen LogP contribution in [-0.2, 0) is 11.2 Å². The minimum Gasteiger partial charge on any atom is -0.481 e. The van der Waals surface area contributed by atoms with E-state index in [9.17, 15) is 18.0 Å². The van der Waals surface area contributed by atoms with E-state index in [1.807, 2.05) is 0 Å². The van der Waals surface area contributed by atoms with Crippen molar-refractivity contribution < 1.29 is 23.1 Å². The lowest BCUT2D eigenvalue weighted by molar-refractivity contribution is -0.182. The molecule has 0 spiro atoms. The van der Waals surface area contributed by atoms with Gasteiger partial charge in [0.1, 0.15) is 0 Å². The molecule has 1 heterocycles. The number of rotatable bonds is 4. The second kappa shape index (κ2) is 4.96. The van der Waals surface area contributed by atoms with Crippen molar-refractivity contribution >= 4 is 5.97 Å². The summed E-state index contributed by atoms with van der Waals surface area (Å²) in [5.74, 6) is -3.30. The van der Waals surface area contributed by atoms with E-state index in [4.69, 9.17) is 5.11 Å². The summed E-state index contributed by atoms with van der Waals surface area (Å²) in [5.41, 5.74) is 0.429. The maximum absolute atomic E-state index is 12.5. The Kier molecular flexibility index (Phi) is 3.87. The van der Waals surface area contributed by atoms with Crippen LogP contribution >= 0.6 is 0 Å². The summed E-state index contributed by atoms with van der Waals surface area (Å²) < 4.78 is 37.5. The molecule has 1 rings (SSSR count). The molecule has 0 fully saturated rings. The van der Waals surface area contributed by atoms with Crippen molar-refractivity contribution in [1.29, 1.82) is 0 Å². The van der Waals surface area contributed by atoms with Gasteiger partial charge in [-0.25, -0.2) is 0 Å². The predicted molar refractivity (Wildman–Crippen MR) is 49.7 cm³/mol. The third-order valence-electron chi connectivity index (χ3n) is 2.12. The van der Waals surface area contributed by atoms with Crippen LogP contribution < -0.4 is 0 Å². The number of alkyl halides is 3. The highest BCUT2D eigenvalue weighted by atomic mass is 19.4. The molecule has 16 heavy (non-hydrogen) atoms. The minimum atomic E-state index is -4.50. The highest BCUT2D eigenvalue weighted by Crippen LogP contribution is 2.31. The first-order valence-corrected chi connectivity index (χ1v) is 4.57. The lowest BCUT2D eigenvalue weighted by Crippen LogP contribution is -2.27. The summed E-state index contributed by atoms with van der Waals surface area (Å²) >= 11 is 0. The number of pyridine rings is 1. The molecule has 0 amide bonds. The third kappa shape index (κ3) is 3.88. The fourth-order valence-electron chi connectivity index (χ4n) is 1.32. The highest BCUT2D eigenvalue weighted by Gasteiger charge is 2.40. The van der Waals surface area contributed by atoms with Crippen molar-refractivity contribution in [1.82, 2.24) is 4.98 Å². The zero-order chi connectivity index (χ0) is 12.2. The molecule has 0 aliphatic rings. The summed E-state index contributed by atoms with van der Waals surface area (Å²) in [7, 11) is 0. The lowest BCUT2D eigenvalue weighted by atomic mass is 9.96. The number of halogens is 3. The van der Waals surface area contributed by atoms with E-state index in [1.165, 1.54) is 24.5 Å². The zero-order valence-corrected chi connectivity index (χ0v) is 8.24. The second-order valence-electron chi connectivity index (χ2n) is 3.40. The summed E-state index contributed by atoms with van der Waals surface area (Å²) in [6.07, 6.45) is -2.99. The van der Waals surface area contributed by atoms with Crippen molar-refractivity contribution in [3.05, 3.63) is 30.1 Å². The van der Waals surface area contributed by atoms with E-state index in [-0.39, 0.29) is 6.42 Å². The Bertz CT molecular complexity index is 351. The van der Waals surface area contributed by atoms with Crippen LogP contribution in [0.15, 0.2) is 24.5 Å². The molecule has 0 aliphatic heterocycles. The van der Waals surface area contributed by atoms with Gasteiger partial charge in [-0.3, -0.25) is 9.78 Å². The molecule has 6 heteroatoms. The first kappa shape index (κ1) is 12.5. The smallest absolute Gasteiger partial charge is 0.392 e. The molecule has 1 unspecified atom stereocenters. The van der Waals surface area contributed by atoms with Crippen LogP contribution in [0, 0.1) is 5.92 Å². The number of nitrogens with zero attached hydrogens (tertiary/aromatic N) is 1. The first-order valence-electron chi connectivity index (χ1n) is 4.57. The molecule has 1 aromatic heterocycles. The number of hydrogen-bond acceptors (Lipinski definition) is 2. The van der Waals surface area contributed by atoms with E-state index in [0.717, 1.165) is 0 Å². The van der Waals surface area contributed by atoms with Crippen molar-refractivity contribution in [2.24, 2.45) is 5.92 Å². The molecule has 3 nitrogen and oxygen atoms in total. The van der Waals surface area contributed by atoms with Crippen LogP contribution in [-0.4, -0.2) is 22.2 Å². The molecule has 1 aromatic rings. The molecule has 88 valence electrons. The number of carboxylic acid groups (broad SMARTS) is 1. The Hall–Kier alpha value is -1.59. The van der Waals surface area contributed by atoms with Gasteiger partial charge in [-0.1, -0.05) is 0 Å². The summed E-state index contributed by atoms with van der Waals surface area (Å²) in [4.78, 5) is 14.0. The monoisotopic (exact) mass is 233 g/mol. The van der Waals surface area contributed by atoms with Crippen molar-refractivity contribution in [2.75, 3.05) is 0 Å². The average molecular weight is 233 g/mol. The largest absolute Gasteiger partial charge is 0.481 e. The number of aromatic nitrogens is 1. The minimum absolute atomic E-state index is 0.335. The van der Waals surface area contributed by atoms with Gasteiger partial charge in [0.15, 0.2) is 0 Å². The summed E-state index contributed by atoms with van der Waals surface area (Å²) in [5, 5.41) is 8.41. The number of carboxylic acids is 1. The Morgan fingerprint density at radius 2 is 1.94 bits per heavy atom. The number of aliphatic carboxylic acids is 1. The van der Waals surface area contributed by atoms with Gasteiger partial charge in [-0.15, -0.1) is 0 Å². The number of carbonyl (C=O) groups is 1. The van der Waals surface area contributed by atoms with Gasteiger partial charge in [-0.2, -0.15) is 13.2 Å². The molecule has 1 atom stereocenters. The average Bonchev–Trinajstić information content (AvgIpc) is 2.16. The number of hydrogen-bond donors (Lipinski definition) is 1. The molecule has 0 radical (unpaired) electrons. The Morgan fingerprint density at radius 1 is 1.38 bits per heavy atom. The third-order valence-corrected chi connectivity index (χ3v) is 2.12. The van der Waals surface area contributed by atoms with E-state index < -0.39 is 24.5 Å². The van der Waals surface area contributed by atoms with Crippen LogP contribution in [0.3, 0.4) is 0 Å².